The van der Waals surface area contributed by atoms with Gasteiger partial charge in [-0.3, -0.25) is 0 Å². The molecule has 7 heteroatoms. The van der Waals surface area contributed by atoms with Gasteiger partial charge in [-0.05, 0) is 38.0 Å². The molecule has 138 valence electrons. The lowest BCUT2D eigenvalue weighted by Gasteiger charge is -2.37. The summed E-state index contributed by atoms with van der Waals surface area (Å²) in [5, 5.41) is 3.31. The molecule has 2 aliphatic heterocycles. The van der Waals surface area contributed by atoms with E-state index >= 15 is 0 Å². The van der Waals surface area contributed by atoms with E-state index in [1.807, 2.05) is 6.92 Å². The zero-order valence-corrected chi connectivity index (χ0v) is 16.1. The van der Waals surface area contributed by atoms with E-state index in [1.54, 1.807) is 12.1 Å². The van der Waals surface area contributed by atoms with Crippen LogP contribution in [0.25, 0.3) is 0 Å². The predicted octanol–water partition coefficient (Wildman–Crippen LogP) is 2.93. The van der Waals surface area contributed by atoms with Crippen molar-refractivity contribution in [2.75, 3.05) is 32.8 Å². The quantitative estimate of drug-likeness (QED) is 0.608. The topological polar surface area (TPSA) is 46.1 Å². The van der Waals surface area contributed by atoms with E-state index in [0.717, 1.165) is 49.5 Å². The molecule has 0 saturated carbocycles. The lowest BCUT2D eigenvalue weighted by Crippen LogP contribution is -2.53. The Kier molecular flexibility index (Phi) is 6.67. The summed E-state index contributed by atoms with van der Waals surface area (Å²) in [6.45, 7) is 6.10. The average molecular weight is 414 g/mol. The van der Waals surface area contributed by atoms with E-state index < -0.39 is 0 Å². The molecule has 2 aliphatic rings. The molecule has 2 heterocycles. The fourth-order valence-electron chi connectivity index (χ4n) is 3.24. The van der Waals surface area contributed by atoms with Gasteiger partial charge in [0.2, 0.25) is 0 Å². The number of nitrogens with zero attached hydrogens (tertiary/aromatic N) is 2. The van der Waals surface area contributed by atoms with Gasteiger partial charge in [-0.1, -0.05) is 15.9 Å². The van der Waals surface area contributed by atoms with Gasteiger partial charge in [0.1, 0.15) is 11.9 Å². The van der Waals surface area contributed by atoms with E-state index in [0.29, 0.717) is 18.7 Å². The number of benzene rings is 1. The minimum absolute atomic E-state index is 0.0720. The highest BCUT2D eigenvalue weighted by molar-refractivity contribution is 9.10. The molecule has 25 heavy (non-hydrogen) atoms. The van der Waals surface area contributed by atoms with Gasteiger partial charge in [0.25, 0.3) is 0 Å². The molecule has 5 nitrogen and oxygen atoms in total. The van der Waals surface area contributed by atoms with E-state index in [4.69, 9.17) is 9.47 Å². The van der Waals surface area contributed by atoms with Gasteiger partial charge in [-0.2, -0.15) is 0 Å². The molecule has 3 rings (SSSR count). The van der Waals surface area contributed by atoms with Gasteiger partial charge >= 0.3 is 0 Å². The molecule has 1 N–H and O–H groups in total. The molecule has 2 saturated heterocycles. The first-order chi connectivity index (χ1) is 12.2. The van der Waals surface area contributed by atoms with E-state index in [-0.39, 0.29) is 18.0 Å². The third-order valence-corrected chi connectivity index (χ3v) is 5.01. The van der Waals surface area contributed by atoms with Gasteiger partial charge in [0.15, 0.2) is 5.96 Å². The molecule has 2 unspecified atom stereocenters. The maximum Gasteiger partial charge on any atom is 0.194 e. The molecule has 0 aliphatic carbocycles. The van der Waals surface area contributed by atoms with Gasteiger partial charge in [-0.15, -0.1) is 0 Å². The molecule has 2 atom stereocenters. The fraction of sp³-hybridized carbons (Fsp3) is 0.611. The van der Waals surface area contributed by atoms with Gasteiger partial charge in [-0.25, -0.2) is 9.38 Å². The van der Waals surface area contributed by atoms with Crippen molar-refractivity contribution in [3.8, 4) is 0 Å². The molecule has 0 aromatic heterocycles. The average Bonchev–Trinajstić information content (AvgIpc) is 3.16. The Hall–Kier alpha value is -1.18. The number of halogens is 2. The van der Waals surface area contributed by atoms with Crippen molar-refractivity contribution in [1.82, 2.24) is 10.2 Å². The van der Waals surface area contributed by atoms with E-state index in [1.165, 1.54) is 6.07 Å². The molecule has 2 fully saturated rings. The van der Waals surface area contributed by atoms with Crippen molar-refractivity contribution in [2.45, 2.75) is 38.5 Å². The molecule has 0 radical (unpaired) electrons. The summed E-state index contributed by atoms with van der Waals surface area (Å²) in [6, 6.07) is 4.93. The fourth-order valence-corrected chi connectivity index (χ4v) is 3.65. The Morgan fingerprint density at radius 1 is 1.36 bits per heavy atom. The Bertz CT molecular complexity index is 608. The minimum atomic E-state index is -0.234. The first-order valence-corrected chi connectivity index (χ1v) is 9.67. The van der Waals surface area contributed by atoms with E-state index in [9.17, 15) is 4.39 Å². The number of aliphatic imine (C=N–C) groups is 1. The number of hydrogen-bond donors (Lipinski definition) is 1. The number of morpholine rings is 1. The second-order valence-corrected chi connectivity index (χ2v) is 7.23. The zero-order chi connectivity index (χ0) is 17.6. The predicted molar refractivity (Wildman–Crippen MR) is 99.2 cm³/mol. The van der Waals surface area contributed by atoms with E-state index in [2.05, 4.69) is 31.1 Å². The Balaban J connectivity index is 1.69. The molecular weight excluding hydrogens is 389 g/mol. The second-order valence-electron chi connectivity index (χ2n) is 6.31. The number of ether oxygens (including phenoxy) is 2. The van der Waals surface area contributed by atoms with Crippen LogP contribution in [0.4, 0.5) is 4.39 Å². The summed E-state index contributed by atoms with van der Waals surface area (Å²) < 4.78 is 26.5. The first kappa shape index (κ1) is 18.6. The summed E-state index contributed by atoms with van der Waals surface area (Å²) in [6.07, 6.45) is 2.40. The lowest BCUT2D eigenvalue weighted by molar-refractivity contribution is -0.0817. The maximum absolute atomic E-state index is 14.0. The van der Waals surface area contributed by atoms with Crippen LogP contribution in [0.2, 0.25) is 0 Å². The van der Waals surface area contributed by atoms with Gasteiger partial charge in [0.05, 0.1) is 19.3 Å². The summed E-state index contributed by atoms with van der Waals surface area (Å²) in [4.78, 5) is 6.83. The molecular formula is C18H25BrFN3O2. The monoisotopic (exact) mass is 413 g/mol. The van der Waals surface area contributed by atoms with Crippen LogP contribution in [0.5, 0.6) is 0 Å². The van der Waals surface area contributed by atoms with Crippen LogP contribution in [-0.2, 0) is 16.0 Å². The number of guanidine groups is 1. The van der Waals surface area contributed by atoms with Crippen LogP contribution < -0.4 is 5.32 Å². The largest absolute Gasteiger partial charge is 0.375 e. The number of nitrogens with one attached hydrogen (secondary N) is 1. The summed E-state index contributed by atoms with van der Waals surface area (Å²) in [7, 11) is 0. The van der Waals surface area contributed by atoms with Crippen LogP contribution >= 0.6 is 15.9 Å². The summed E-state index contributed by atoms with van der Waals surface area (Å²) in [5.74, 6) is 0.565. The van der Waals surface area contributed by atoms with Crippen LogP contribution in [0.3, 0.4) is 0 Å². The van der Waals surface area contributed by atoms with Gasteiger partial charge < -0.3 is 19.7 Å². The number of hydrogen-bond acceptors (Lipinski definition) is 3. The van der Waals surface area contributed by atoms with Crippen molar-refractivity contribution in [1.29, 1.82) is 0 Å². The van der Waals surface area contributed by atoms with Crippen molar-refractivity contribution >= 4 is 21.9 Å². The lowest BCUT2D eigenvalue weighted by atomic mass is 10.1. The zero-order valence-electron chi connectivity index (χ0n) is 14.5. The highest BCUT2D eigenvalue weighted by atomic mass is 79.9. The van der Waals surface area contributed by atoms with Crippen LogP contribution in [0.1, 0.15) is 25.3 Å². The first-order valence-electron chi connectivity index (χ1n) is 8.87. The molecule has 0 amide bonds. The summed E-state index contributed by atoms with van der Waals surface area (Å²) in [5.41, 5.74) is 0.578. The van der Waals surface area contributed by atoms with Crippen molar-refractivity contribution in [2.24, 2.45) is 4.99 Å². The minimum Gasteiger partial charge on any atom is -0.375 e. The Morgan fingerprint density at radius 3 is 2.96 bits per heavy atom. The maximum atomic E-state index is 14.0. The Labute approximate surface area is 156 Å². The van der Waals surface area contributed by atoms with Crippen LogP contribution in [0.15, 0.2) is 27.7 Å². The normalized spacial score (nSPS) is 24.6. The molecule has 0 bridgehead atoms. The van der Waals surface area contributed by atoms with Gasteiger partial charge in [0, 0.05) is 36.3 Å². The third-order valence-electron chi connectivity index (χ3n) is 4.51. The molecule has 1 aromatic carbocycles. The molecule has 0 spiro atoms. The Morgan fingerprint density at radius 2 is 2.20 bits per heavy atom. The van der Waals surface area contributed by atoms with Crippen LogP contribution in [-0.4, -0.2) is 55.9 Å². The van der Waals surface area contributed by atoms with Crippen molar-refractivity contribution < 1.29 is 13.9 Å². The second kappa shape index (κ2) is 8.96. The SMILES string of the molecule is CCNC(=NCc1cc(Br)ccc1F)N1CCOC(C2CCCO2)C1. The standard InChI is InChI=1S/C18H25BrFN3O2/c1-2-21-18(22-11-13-10-14(19)5-6-15(13)20)23-7-9-25-17(12-23)16-4-3-8-24-16/h5-6,10,16-17H,2-4,7-9,11-12H2,1H3,(H,21,22). The van der Waals surface area contributed by atoms with Crippen molar-refractivity contribution in [3.63, 3.8) is 0 Å². The molecule has 1 aromatic rings. The number of rotatable bonds is 4. The summed E-state index contributed by atoms with van der Waals surface area (Å²) >= 11 is 3.38. The van der Waals surface area contributed by atoms with Crippen molar-refractivity contribution in [3.05, 3.63) is 34.1 Å². The van der Waals surface area contributed by atoms with Crippen LogP contribution in [0, 0.1) is 5.82 Å². The third kappa shape index (κ3) is 4.92. The highest BCUT2D eigenvalue weighted by Crippen LogP contribution is 2.21. The smallest absolute Gasteiger partial charge is 0.194 e. The highest BCUT2D eigenvalue weighted by Gasteiger charge is 2.32.